The highest BCUT2D eigenvalue weighted by atomic mass is 35.5. The smallest absolute Gasteiger partial charge is 0.0931 e. The van der Waals surface area contributed by atoms with Gasteiger partial charge < -0.3 is 5.32 Å². The maximum Gasteiger partial charge on any atom is 0.0931 e. The molecule has 1 aromatic rings. The molecule has 1 fully saturated rings. The Morgan fingerprint density at radius 2 is 2.43 bits per heavy atom. The fraction of sp³-hybridized carbons (Fsp3) is 0.636. The van der Waals surface area contributed by atoms with Crippen LogP contribution in [0.15, 0.2) is 11.4 Å². The lowest BCUT2D eigenvalue weighted by Crippen LogP contribution is -2.47. The number of rotatable bonds is 3. The first-order valence-electron chi connectivity index (χ1n) is 5.19. The van der Waals surface area contributed by atoms with E-state index in [4.69, 9.17) is 11.6 Å². The second kappa shape index (κ2) is 4.21. The summed E-state index contributed by atoms with van der Waals surface area (Å²) < 4.78 is 0.916. The normalized spacial score (nSPS) is 31.5. The van der Waals surface area contributed by atoms with Crippen LogP contribution >= 0.6 is 22.9 Å². The average Bonchev–Trinajstić information content (AvgIpc) is 2.57. The van der Waals surface area contributed by atoms with Crippen molar-refractivity contribution in [2.75, 3.05) is 6.54 Å². The van der Waals surface area contributed by atoms with Crippen LogP contribution in [0.3, 0.4) is 0 Å². The van der Waals surface area contributed by atoms with Crippen molar-refractivity contribution >= 4 is 22.9 Å². The van der Waals surface area contributed by atoms with E-state index in [0.717, 1.165) is 22.7 Å². The predicted octanol–water partition coefficient (Wildman–Crippen LogP) is 3.50. The molecule has 78 valence electrons. The molecule has 3 heteroatoms. The van der Waals surface area contributed by atoms with Crippen LogP contribution < -0.4 is 5.32 Å². The maximum atomic E-state index is 5.93. The molecule has 3 unspecified atom stereocenters. The van der Waals surface area contributed by atoms with Crippen molar-refractivity contribution in [2.45, 2.75) is 32.2 Å². The molecule has 0 saturated heterocycles. The zero-order chi connectivity index (χ0) is 10.1. The fourth-order valence-electron chi connectivity index (χ4n) is 2.28. The molecule has 1 nitrogen and oxygen atoms in total. The van der Waals surface area contributed by atoms with Crippen molar-refractivity contribution in [3.8, 4) is 0 Å². The van der Waals surface area contributed by atoms with E-state index in [1.807, 2.05) is 0 Å². The van der Waals surface area contributed by atoms with Gasteiger partial charge in [0.15, 0.2) is 0 Å². The average molecular weight is 230 g/mol. The van der Waals surface area contributed by atoms with Crippen LogP contribution in [0, 0.1) is 5.92 Å². The molecule has 1 aliphatic rings. The lowest BCUT2D eigenvalue weighted by Gasteiger charge is -2.43. The summed E-state index contributed by atoms with van der Waals surface area (Å²) in [5.74, 6) is 1.48. The molecule has 1 aromatic heterocycles. The van der Waals surface area contributed by atoms with Crippen LogP contribution in [-0.4, -0.2) is 12.6 Å². The van der Waals surface area contributed by atoms with Gasteiger partial charge in [-0.05, 0) is 41.8 Å². The van der Waals surface area contributed by atoms with E-state index >= 15 is 0 Å². The Balaban J connectivity index is 1.97. The van der Waals surface area contributed by atoms with Gasteiger partial charge >= 0.3 is 0 Å². The lowest BCUT2D eigenvalue weighted by molar-refractivity contribution is 0.187. The Bertz CT molecular complexity index is 310. The molecule has 0 amide bonds. The second-order valence-electron chi connectivity index (χ2n) is 4.05. The minimum Gasteiger partial charge on any atom is -0.314 e. The van der Waals surface area contributed by atoms with Gasteiger partial charge in [0.05, 0.1) is 4.34 Å². The zero-order valence-corrected chi connectivity index (χ0v) is 10.2. The van der Waals surface area contributed by atoms with Crippen molar-refractivity contribution in [3.63, 3.8) is 0 Å². The first kappa shape index (κ1) is 10.5. The monoisotopic (exact) mass is 229 g/mol. The van der Waals surface area contributed by atoms with E-state index in [-0.39, 0.29) is 0 Å². The van der Waals surface area contributed by atoms with Gasteiger partial charge in [0.1, 0.15) is 0 Å². The summed E-state index contributed by atoms with van der Waals surface area (Å²) in [6.45, 7) is 5.57. The lowest BCUT2D eigenvalue weighted by atomic mass is 9.68. The highest BCUT2D eigenvalue weighted by molar-refractivity contribution is 7.14. The molecular formula is C11H16ClNS. The van der Waals surface area contributed by atoms with Crippen LogP contribution in [0.5, 0.6) is 0 Å². The first-order valence-corrected chi connectivity index (χ1v) is 6.45. The van der Waals surface area contributed by atoms with Gasteiger partial charge in [-0.15, -0.1) is 11.3 Å². The van der Waals surface area contributed by atoms with Gasteiger partial charge in [-0.3, -0.25) is 0 Å². The SMILES string of the molecule is CCNC1CC(c2csc(Cl)c2)C1C. The van der Waals surface area contributed by atoms with Crippen molar-refractivity contribution in [1.29, 1.82) is 0 Å². The van der Waals surface area contributed by atoms with E-state index in [1.165, 1.54) is 12.0 Å². The summed E-state index contributed by atoms with van der Waals surface area (Å²) in [4.78, 5) is 0. The Morgan fingerprint density at radius 1 is 1.64 bits per heavy atom. The molecule has 0 spiro atoms. The highest BCUT2D eigenvalue weighted by Gasteiger charge is 2.38. The summed E-state index contributed by atoms with van der Waals surface area (Å²) >= 11 is 7.58. The summed E-state index contributed by atoms with van der Waals surface area (Å²) in [5.41, 5.74) is 1.43. The number of thiophene rings is 1. The van der Waals surface area contributed by atoms with Crippen molar-refractivity contribution < 1.29 is 0 Å². The van der Waals surface area contributed by atoms with Crippen molar-refractivity contribution in [1.82, 2.24) is 5.32 Å². The molecule has 14 heavy (non-hydrogen) atoms. The van der Waals surface area contributed by atoms with Gasteiger partial charge in [-0.1, -0.05) is 25.4 Å². The molecule has 0 aromatic carbocycles. The van der Waals surface area contributed by atoms with E-state index in [0.29, 0.717) is 6.04 Å². The molecule has 1 saturated carbocycles. The Hall–Kier alpha value is -0.0500. The minimum atomic E-state index is 0.712. The summed E-state index contributed by atoms with van der Waals surface area (Å²) in [5, 5.41) is 5.71. The third kappa shape index (κ3) is 1.83. The third-order valence-electron chi connectivity index (χ3n) is 3.26. The van der Waals surface area contributed by atoms with Gasteiger partial charge in [-0.25, -0.2) is 0 Å². The largest absolute Gasteiger partial charge is 0.314 e. The van der Waals surface area contributed by atoms with Crippen LogP contribution in [0.1, 0.15) is 31.7 Å². The zero-order valence-electron chi connectivity index (χ0n) is 8.59. The third-order valence-corrected chi connectivity index (χ3v) is 4.37. The number of halogens is 1. The minimum absolute atomic E-state index is 0.712. The first-order chi connectivity index (χ1) is 6.72. The fourth-order valence-corrected chi connectivity index (χ4v) is 3.23. The van der Waals surface area contributed by atoms with Crippen molar-refractivity contribution in [2.24, 2.45) is 5.92 Å². The van der Waals surface area contributed by atoms with Crippen molar-refractivity contribution in [3.05, 3.63) is 21.3 Å². The molecule has 0 radical (unpaired) electrons. The molecule has 0 aliphatic heterocycles. The van der Waals surface area contributed by atoms with Crippen LogP contribution in [-0.2, 0) is 0 Å². The summed E-state index contributed by atoms with van der Waals surface area (Å²) in [6, 6.07) is 2.83. The number of nitrogens with one attached hydrogen (secondary N) is 1. The second-order valence-corrected chi connectivity index (χ2v) is 5.59. The quantitative estimate of drug-likeness (QED) is 0.837. The maximum absolute atomic E-state index is 5.93. The van der Waals surface area contributed by atoms with E-state index in [9.17, 15) is 0 Å². The standard InChI is InChI=1S/C11H16ClNS/c1-3-13-10-5-9(7(10)2)8-4-11(12)14-6-8/h4,6-7,9-10,13H,3,5H2,1-2H3. The molecule has 1 N–H and O–H groups in total. The molecule has 1 aliphatic carbocycles. The van der Waals surface area contributed by atoms with Crippen LogP contribution in [0.2, 0.25) is 4.34 Å². The summed E-state index contributed by atoms with van der Waals surface area (Å²) in [6.07, 6.45) is 1.27. The Labute approximate surface area is 94.5 Å². The Kier molecular flexibility index (Phi) is 3.15. The topological polar surface area (TPSA) is 12.0 Å². The Morgan fingerprint density at radius 3 is 2.93 bits per heavy atom. The molecule has 3 atom stereocenters. The van der Waals surface area contributed by atoms with E-state index < -0.39 is 0 Å². The van der Waals surface area contributed by atoms with Gasteiger partial charge in [-0.2, -0.15) is 0 Å². The van der Waals surface area contributed by atoms with Crippen LogP contribution in [0.4, 0.5) is 0 Å². The van der Waals surface area contributed by atoms with E-state index in [2.05, 4.69) is 30.6 Å². The predicted molar refractivity (Wildman–Crippen MR) is 63.3 cm³/mol. The molecule has 2 rings (SSSR count). The molecular weight excluding hydrogens is 214 g/mol. The van der Waals surface area contributed by atoms with Gasteiger partial charge in [0.25, 0.3) is 0 Å². The van der Waals surface area contributed by atoms with Crippen LogP contribution in [0.25, 0.3) is 0 Å². The number of hydrogen-bond acceptors (Lipinski definition) is 2. The molecule has 1 heterocycles. The summed E-state index contributed by atoms with van der Waals surface area (Å²) in [7, 11) is 0. The van der Waals surface area contributed by atoms with E-state index in [1.54, 1.807) is 11.3 Å². The van der Waals surface area contributed by atoms with Gasteiger partial charge in [0, 0.05) is 6.04 Å². The molecule has 0 bridgehead atoms. The van der Waals surface area contributed by atoms with Gasteiger partial charge in [0.2, 0.25) is 0 Å². The number of hydrogen-bond donors (Lipinski definition) is 1. The highest BCUT2D eigenvalue weighted by Crippen LogP contribution is 2.44.